The number of aryl methyl sites for hydroxylation is 1. The molecule has 0 saturated carbocycles. The molecule has 1 aromatic carbocycles. The van der Waals surface area contributed by atoms with Crippen LogP contribution in [0.5, 0.6) is 5.75 Å². The molecule has 0 aliphatic carbocycles. The van der Waals surface area contributed by atoms with Crippen molar-refractivity contribution in [1.29, 1.82) is 0 Å². The van der Waals surface area contributed by atoms with Crippen molar-refractivity contribution >= 4 is 10.9 Å². The lowest BCUT2D eigenvalue weighted by molar-refractivity contribution is 0.278. The van der Waals surface area contributed by atoms with Gasteiger partial charge in [0.25, 0.3) is 0 Å². The molecule has 2 heterocycles. The van der Waals surface area contributed by atoms with Crippen LogP contribution in [0.25, 0.3) is 10.9 Å². The number of benzene rings is 1. The summed E-state index contributed by atoms with van der Waals surface area (Å²) in [5.74, 6) is 0.364. The molecule has 0 unspecified atom stereocenters. The second-order valence-corrected chi connectivity index (χ2v) is 5.83. The Kier molecular flexibility index (Phi) is 3.97. The molecule has 1 aliphatic heterocycles. The molecule has 3 heteroatoms. The first-order chi connectivity index (χ1) is 9.78. The first-order valence-corrected chi connectivity index (χ1v) is 7.81. The van der Waals surface area contributed by atoms with Gasteiger partial charge in [0.2, 0.25) is 0 Å². The molecule has 0 bridgehead atoms. The largest absolute Gasteiger partial charge is 0.508 e. The normalized spacial score (nSPS) is 17.4. The van der Waals surface area contributed by atoms with Crippen molar-refractivity contribution in [2.24, 2.45) is 0 Å². The van der Waals surface area contributed by atoms with E-state index in [9.17, 15) is 5.11 Å². The summed E-state index contributed by atoms with van der Waals surface area (Å²) >= 11 is 0. The minimum Gasteiger partial charge on any atom is -0.508 e. The van der Waals surface area contributed by atoms with Crippen LogP contribution in [-0.4, -0.2) is 27.7 Å². The number of likely N-dealkylation sites (tertiary alicyclic amines) is 1. The van der Waals surface area contributed by atoms with Gasteiger partial charge in [-0.1, -0.05) is 12.8 Å². The number of rotatable bonds is 3. The SMILES string of the molecule is CCn1cc(CN2CCCCCC2)c2cc(O)ccc21. The lowest BCUT2D eigenvalue weighted by Gasteiger charge is -2.19. The average molecular weight is 272 g/mol. The molecule has 1 N–H and O–H groups in total. The van der Waals surface area contributed by atoms with E-state index >= 15 is 0 Å². The van der Waals surface area contributed by atoms with Gasteiger partial charge in [-0.2, -0.15) is 0 Å². The fourth-order valence-corrected chi connectivity index (χ4v) is 3.28. The third-order valence-corrected chi connectivity index (χ3v) is 4.38. The van der Waals surface area contributed by atoms with Gasteiger partial charge in [0.05, 0.1) is 0 Å². The predicted octanol–water partition coefficient (Wildman–Crippen LogP) is 3.74. The molecule has 2 aromatic rings. The van der Waals surface area contributed by atoms with E-state index in [1.807, 2.05) is 12.1 Å². The van der Waals surface area contributed by atoms with Crippen molar-refractivity contribution in [3.8, 4) is 5.75 Å². The zero-order valence-electron chi connectivity index (χ0n) is 12.3. The van der Waals surface area contributed by atoms with Gasteiger partial charge in [0.15, 0.2) is 0 Å². The van der Waals surface area contributed by atoms with E-state index in [2.05, 4.69) is 22.6 Å². The van der Waals surface area contributed by atoms with E-state index < -0.39 is 0 Å². The van der Waals surface area contributed by atoms with Crippen molar-refractivity contribution < 1.29 is 5.11 Å². The van der Waals surface area contributed by atoms with Gasteiger partial charge in [-0.25, -0.2) is 0 Å². The molecule has 0 amide bonds. The minimum absolute atomic E-state index is 0.364. The standard InChI is InChI=1S/C17H24N2O/c1-2-19-13-14(12-18-9-5-3-4-6-10-18)16-11-15(20)7-8-17(16)19/h7-8,11,13,20H,2-6,9-10,12H2,1H3. The van der Waals surface area contributed by atoms with Gasteiger partial charge >= 0.3 is 0 Å². The number of fused-ring (bicyclic) bond motifs is 1. The maximum atomic E-state index is 9.76. The van der Waals surface area contributed by atoms with Crippen molar-refractivity contribution in [3.63, 3.8) is 0 Å². The van der Waals surface area contributed by atoms with Crippen LogP contribution in [0.2, 0.25) is 0 Å². The summed E-state index contributed by atoms with van der Waals surface area (Å²) in [4.78, 5) is 2.56. The molecule has 3 nitrogen and oxygen atoms in total. The number of aromatic hydroxyl groups is 1. The smallest absolute Gasteiger partial charge is 0.116 e. The van der Waals surface area contributed by atoms with Crippen molar-refractivity contribution in [2.45, 2.75) is 45.7 Å². The maximum absolute atomic E-state index is 9.76. The number of hydrogen-bond acceptors (Lipinski definition) is 2. The van der Waals surface area contributed by atoms with Gasteiger partial charge in [0, 0.05) is 30.2 Å². The first-order valence-electron chi connectivity index (χ1n) is 7.81. The maximum Gasteiger partial charge on any atom is 0.116 e. The zero-order valence-corrected chi connectivity index (χ0v) is 12.3. The number of aromatic nitrogens is 1. The van der Waals surface area contributed by atoms with Gasteiger partial charge in [-0.05, 0) is 56.6 Å². The summed E-state index contributed by atoms with van der Waals surface area (Å²) in [5, 5.41) is 11.0. The Morgan fingerprint density at radius 3 is 2.55 bits per heavy atom. The highest BCUT2D eigenvalue weighted by Gasteiger charge is 2.14. The van der Waals surface area contributed by atoms with Crippen LogP contribution >= 0.6 is 0 Å². The lowest BCUT2D eigenvalue weighted by atomic mass is 10.1. The quantitative estimate of drug-likeness (QED) is 0.922. The van der Waals surface area contributed by atoms with E-state index in [1.54, 1.807) is 6.07 Å². The van der Waals surface area contributed by atoms with E-state index in [0.717, 1.165) is 13.1 Å². The van der Waals surface area contributed by atoms with Crippen molar-refractivity contribution in [3.05, 3.63) is 30.0 Å². The molecule has 1 aliphatic rings. The average Bonchev–Trinajstić information content (AvgIpc) is 2.63. The molecular formula is C17H24N2O. The van der Waals surface area contributed by atoms with Crippen LogP contribution in [0.15, 0.2) is 24.4 Å². The lowest BCUT2D eigenvalue weighted by Crippen LogP contribution is -2.23. The first kappa shape index (κ1) is 13.5. The van der Waals surface area contributed by atoms with Crippen molar-refractivity contribution in [2.75, 3.05) is 13.1 Å². The second kappa shape index (κ2) is 5.88. The minimum atomic E-state index is 0.364. The van der Waals surface area contributed by atoms with E-state index in [4.69, 9.17) is 0 Å². The van der Waals surface area contributed by atoms with E-state index in [-0.39, 0.29) is 0 Å². The predicted molar refractivity (Wildman–Crippen MR) is 83.0 cm³/mol. The molecule has 3 rings (SSSR count). The summed E-state index contributed by atoms with van der Waals surface area (Å²) in [6, 6.07) is 5.72. The van der Waals surface area contributed by atoms with Crippen molar-refractivity contribution in [1.82, 2.24) is 9.47 Å². The number of hydrogen-bond donors (Lipinski definition) is 1. The highest BCUT2D eigenvalue weighted by Crippen LogP contribution is 2.27. The fourth-order valence-electron chi connectivity index (χ4n) is 3.28. The third kappa shape index (κ3) is 2.68. The summed E-state index contributed by atoms with van der Waals surface area (Å²) in [5.41, 5.74) is 2.58. The highest BCUT2D eigenvalue weighted by molar-refractivity contribution is 5.85. The topological polar surface area (TPSA) is 28.4 Å². The third-order valence-electron chi connectivity index (χ3n) is 4.38. The van der Waals surface area contributed by atoms with E-state index in [0.29, 0.717) is 5.75 Å². The molecule has 0 radical (unpaired) electrons. The van der Waals surface area contributed by atoms with Crippen LogP contribution in [0.1, 0.15) is 38.2 Å². The number of phenols is 1. The molecule has 0 spiro atoms. The van der Waals surface area contributed by atoms with Gasteiger partial charge in [0.1, 0.15) is 5.75 Å². The zero-order chi connectivity index (χ0) is 13.9. The van der Waals surface area contributed by atoms with Gasteiger partial charge in [-0.15, -0.1) is 0 Å². The molecule has 108 valence electrons. The van der Waals surface area contributed by atoms with Crippen LogP contribution in [0.3, 0.4) is 0 Å². The van der Waals surface area contributed by atoms with E-state index in [1.165, 1.54) is 55.2 Å². The Morgan fingerprint density at radius 2 is 1.85 bits per heavy atom. The molecular weight excluding hydrogens is 248 g/mol. The molecule has 20 heavy (non-hydrogen) atoms. The Labute approximate surface area is 120 Å². The fraction of sp³-hybridized carbons (Fsp3) is 0.529. The van der Waals surface area contributed by atoms with Crippen LogP contribution < -0.4 is 0 Å². The Bertz CT molecular complexity index is 580. The highest BCUT2D eigenvalue weighted by atomic mass is 16.3. The molecule has 0 atom stereocenters. The molecule has 1 saturated heterocycles. The number of phenolic OH excluding ortho intramolecular Hbond substituents is 1. The second-order valence-electron chi connectivity index (χ2n) is 5.83. The Balaban J connectivity index is 1.91. The van der Waals surface area contributed by atoms with Crippen LogP contribution in [0, 0.1) is 0 Å². The monoisotopic (exact) mass is 272 g/mol. The molecule has 1 aromatic heterocycles. The van der Waals surface area contributed by atoms with Gasteiger partial charge in [-0.3, -0.25) is 4.90 Å². The Morgan fingerprint density at radius 1 is 1.10 bits per heavy atom. The number of nitrogens with zero attached hydrogens (tertiary/aromatic N) is 2. The summed E-state index contributed by atoms with van der Waals surface area (Å²) in [6.45, 7) is 6.56. The van der Waals surface area contributed by atoms with Crippen LogP contribution in [0.4, 0.5) is 0 Å². The summed E-state index contributed by atoms with van der Waals surface area (Å²) < 4.78 is 2.28. The summed E-state index contributed by atoms with van der Waals surface area (Å²) in [7, 11) is 0. The Hall–Kier alpha value is -1.48. The summed E-state index contributed by atoms with van der Waals surface area (Å²) in [6.07, 6.45) is 7.63. The van der Waals surface area contributed by atoms with Gasteiger partial charge < -0.3 is 9.67 Å². The molecule has 1 fully saturated rings. The van der Waals surface area contributed by atoms with Crippen LogP contribution in [-0.2, 0) is 13.1 Å².